The standard InChI is InChI=1S/C18H23N3O2/c22-16(15-2-1-8-19-12-15)20-9-5-18(6-10-20)7-11-21(17(18)23)13-14-3-4-14/h1-2,8,12,14H,3-7,9-11,13H2. The Morgan fingerprint density at radius 2 is 1.96 bits per heavy atom. The molecule has 3 aliphatic rings. The molecule has 122 valence electrons. The number of nitrogens with zero attached hydrogens (tertiary/aromatic N) is 3. The number of hydrogen-bond acceptors (Lipinski definition) is 3. The SMILES string of the molecule is O=C(c1cccnc1)N1CCC2(CC1)CCN(CC1CC1)C2=O. The lowest BCUT2D eigenvalue weighted by molar-refractivity contribution is -0.138. The highest BCUT2D eigenvalue weighted by atomic mass is 16.2. The van der Waals surface area contributed by atoms with Crippen LogP contribution in [0.15, 0.2) is 24.5 Å². The van der Waals surface area contributed by atoms with Crippen LogP contribution in [-0.2, 0) is 4.79 Å². The van der Waals surface area contributed by atoms with Gasteiger partial charge in [-0.15, -0.1) is 0 Å². The van der Waals surface area contributed by atoms with Crippen LogP contribution in [0, 0.1) is 11.3 Å². The molecule has 3 heterocycles. The highest BCUT2D eigenvalue weighted by molar-refractivity contribution is 5.94. The third-order valence-corrected chi connectivity index (χ3v) is 5.69. The Labute approximate surface area is 136 Å². The summed E-state index contributed by atoms with van der Waals surface area (Å²) in [5.74, 6) is 1.13. The highest BCUT2D eigenvalue weighted by Gasteiger charge is 2.49. The molecule has 1 aromatic rings. The number of carbonyl (C=O) groups is 2. The maximum absolute atomic E-state index is 12.8. The van der Waals surface area contributed by atoms with E-state index in [2.05, 4.69) is 9.88 Å². The number of piperidine rings is 1. The summed E-state index contributed by atoms with van der Waals surface area (Å²) in [5.41, 5.74) is 0.442. The van der Waals surface area contributed by atoms with Gasteiger partial charge in [-0.05, 0) is 50.2 Å². The zero-order valence-electron chi connectivity index (χ0n) is 13.4. The topological polar surface area (TPSA) is 53.5 Å². The second kappa shape index (κ2) is 5.62. The molecule has 0 N–H and O–H groups in total. The first kappa shape index (κ1) is 14.7. The number of pyridine rings is 1. The fraction of sp³-hybridized carbons (Fsp3) is 0.611. The van der Waals surface area contributed by atoms with Gasteiger partial charge in [-0.1, -0.05) is 0 Å². The van der Waals surface area contributed by atoms with Crippen molar-refractivity contribution in [3.63, 3.8) is 0 Å². The second-order valence-electron chi connectivity index (χ2n) is 7.26. The Bertz CT molecular complexity index is 604. The fourth-order valence-corrected chi connectivity index (χ4v) is 3.95. The zero-order valence-corrected chi connectivity index (χ0v) is 13.4. The van der Waals surface area contributed by atoms with E-state index in [-0.39, 0.29) is 11.3 Å². The molecule has 1 saturated carbocycles. The van der Waals surface area contributed by atoms with Crippen molar-refractivity contribution in [1.29, 1.82) is 0 Å². The molecule has 3 fully saturated rings. The zero-order chi connectivity index (χ0) is 15.9. The summed E-state index contributed by atoms with van der Waals surface area (Å²) in [7, 11) is 0. The van der Waals surface area contributed by atoms with Crippen molar-refractivity contribution in [3.8, 4) is 0 Å². The molecule has 5 heteroatoms. The van der Waals surface area contributed by atoms with E-state index in [0.717, 1.165) is 38.3 Å². The molecule has 1 spiro atoms. The Morgan fingerprint density at radius 1 is 1.22 bits per heavy atom. The van der Waals surface area contributed by atoms with Crippen LogP contribution in [0.4, 0.5) is 0 Å². The summed E-state index contributed by atoms with van der Waals surface area (Å²) < 4.78 is 0. The van der Waals surface area contributed by atoms with E-state index in [0.29, 0.717) is 24.6 Å². The van der Waals surface area contributed by atoms with Crippen LogP contribution in [0.1, 0.15) is 42.5 Å². The normalized spacial score (nSPS) is 23.6. The molecule has 23 heavy (non-hydrogen) atoms. The smallest absolute Gasteiger partial charge is 0.255 e. The Balaban J connectivity index is 1.39. The van der Waals surface area contributed by atoms with E-state index < -0.39 is 0 Å². The van der Waals surface area contributed by atoms with Crippen molar-refractivity contribution in [1.82, 2.24) is 14.8 Å². The van der Waals surface area contributed by atoms with Gasteiger partial charge in [0.1, 0.15) is 0 Å². The lowest BCUT2D eigenvalue weighted by Crippen LogP contribution is -2.46. The van der Waals surface area contributed by atoms with Crippen LogP contribution in [-0.4, -0.2) is 52.8 Å². The van der Waals surface area contributed by atoms with Gasteiger partial charge in [-0.2, -0.15) is 0 Å². The van der Waals surface area contributed by atoms with Gasteiger partial charge < -0.3 is 9.80 Å². The van der Waals surface area contributed by atoms with Crippen LogP contribution >= 0.6 is 0 Å². The molecular formula is C18H23N3O2. The fourth-order valence-electron chi connectivity index (χ4n) is 3.95. The van der Waals surface area contributed by atoms with Gasteiger partial charge in [-0.25, -0.2) is 0 Å². The van der Waals surface area contributed by atoms with E-state index in [1.807, 2.05) is 4.90 Å². The van der Waals surface area contributed by atoms with Gasteiger partial charge in [0, 0.05) is 38.6 Å². The molecule has 2 saturated heterocycles. The Hall–Kier alpha value is -1.91. The second-order valence-corrected chi connectivity index (χ2v) is 7.26. The molecule has 2 amide bonds. The van der Waals surface area contributed by atoms with Gasteiger partial charge >= 0.3 is 0 Å². The van der Waals surface area contributed by atoms with Crippen LogP contribution in [0.5, 0.6) is 0 Å². The predicted octanol–water partition coefficient (Wildman–Crippen LogP) is 1.95. The molecule has 0 aromatic carbocycles. The van der Waals surface area contributed by atoms with Gasteiger partial charge in [-0.3, -0.25) is 14.6 Å². The van der Waals surface area contributed by atoms with Gasteiger partial charge in [0.25, 0.3) is 5.91 Å². The Morgan fingerprint density at radius 3 is 2.61 bits per heavy atom. The van der Waals surface area contributed by atoms with Gasteiger partial charge in [0.15, 0.2) is 0 Å². The predicted molar refractivity (Wildman–Crippen MR) is 85.7 cm³/mol. The summed E-state index contributed by atoms with van der Waals surface area (Å²) in [6, 6.07) is 3.59. The minimum absolute atomic E-state index is 0.0354. The third-order valence-electron chi connectivity index (χ3n) is 5.69. The van der Waals surface area contributed by atoms with Crippen LogP contribution in [0.25, 0.3) is 0 Å². The van der Waals surface area contributed by atoms with E-state index in [9.17, 15) is 9.59 Å². The van der Waals surface area contributed by atoms with E-state index in [4.69, 9.17) is 0 Å². The average molecular weight is 313 g/mol. The molecule has 0 unspecified atom stereocenters. The first-order chi connectivity index (χ1) is 11.2. The summed E-state index contributed by atoms with van der Waals surface area (Å²) >= 11 is 0. The summed E-state index contributed by atoms with van der Waals surface area (Å²) in [6.07, 6.45) is 8.43. The van der Waals surface area contributed by atoms with Crippen molar-refractivity contribution < 1.29 is 9.59 Å². The highest BCUT2D eigenvalue weighted by Crippen LogP contribution is 2.43. The first-order valence-corrected chi connectivity index (χ1v) is 8.67. The van der Waals surface area contributed by atoms with Crippen LogP contribution in [0.3, 0.4) is 0 Å². The molecule has 0 bridgehead atoms. The lowest BCUT2D eigenvalue weighted by Gasteiger charge is -2.38. The summed E-state index contributed by atoms with van der Waals surface area (Å²) in [4.78, 5) is 33.3. The minimum Gasteiger partial charge on any atom is -0.342 e. The molecule has 5 nitrogen and oxygen atoms in total. The van der Waals surface area contributed by atoms with Crippen molar-refractivity contribution >= 4 is 11.8 Å². The van der Waals surface area contributed by atoms with Crippen molar-refractivity contribution in [3.05, 3.63) is 30.1 Å². The van der Waals surface area contributed by atoms with Gasteiger partial charge in [0.2, 0.25) is 5.91 Å². The minimum atomic E-state index is -0.194. The molecule has 1 aliphatic carbocycles. The monoisotopic (exact) mass is 313 g/mol. The van der Waals surface area contributed by atoms with E-state index in [1.54, 1.807) is 24.5 Å². The molecule has 0 atom stereocenters. The van der Waals surface area contributed by atoms with Crippen LogP contribution < -0.4 is 0 Å². The first-order valence-electron chi connectivity index (χ1n) is 8.67. The maximum Gasteiger partial charge on any atom is 0.255 e. The van der Waals surface area contributed by atoms with E-state index >= 15 is 0 Å². The van der Waals surface area contributed by atoms with E-state index in [1.165, 1.54) is 12.8 Å². The number of likely N-dealkylation sites (tertiary alicyclic amines) is 2. The lowest BCUT2D eigenvalue weighted by atomic mass is 9.77. The van der Waals surface area contributed by atoms with Crippen molar-refractivity contribution in [2.45, 2.75) is 32.1 Å². The van der Waals surface area contributed by atoms with Crippen LogP contribution in [0.2, 0.25) is 0 Å². The number of aromatic nitrogens is 1. The molecule has 2 aliphatic heterocycles. The van der Waals surface area contributed by atoms with Crippen molar-refractivity contribution in [2.24, 2.45) is 11.3 Å². The third kappa shape index (κ3) is 2.73. The molecule has 0 radical (unpaired) electrons. The molecule has 1 aromatic heterocycles. The van der Waals surface area contributed by atoms with Gasteiger partial charge in [0.05, 0.1) is 11.0 Å². The van der Waals surface area contributed by atoms with Crippen molar-refractivity contribution in [2.75, 3.05) is 26.2 Å². The average Bonchev–Trinajstić information content (AvgIpc) is 3.38. The largest absolute Gasteiger partial charge is 0.342 e. The number of hydrogen-bond donors (Lipinski definition) is 0. The Kier molecular flexibility index (Phi) is 3.58. The molecule has 4 rings (SSSR count). The molecular weight excluding hydrogens is 290 g/mol. The quantitative estimate of drug-likeness (QED) is 0.857. The summed E-state index contributed by atoms with van der Waals surface area (Å²) in [5, 5.41) is 0. The maximum atomic E-state index is 12.8. The number of amides is 2. The number of carbonyl (C=O) groups excluding carboxylic acids is 2. The summed E-state index contributed by atoms with van der Waals surface area (Å²) in [6.45, 7) is 3.22. The number of rotatable bonds is 3.